The summed E-state index contributed by atoms with van der Waals surface area (Å²) >= 11 is 0. The molecule has 2 aromatic carbocycles. The minimum Gasteiger partial charge on any atom is -0.435 e. The van der Waals surface area contributed by atoms with Crippen molar-refractivity contribution in [2.24, 2.45) is 0 Å². The van der Waals surface area contributed by atoms with Crippen LogP contribution in [-0.2, 0) is 4.79 Å². The molecule has 2 amide bonds. The largest absolute Gasteiger partial charge is 0.435 e. The van der Waals surface area contributed by atoms with E-state index in [1.165, 1.54) is 30.3 Å². The van der Waals surface area contributed by atoms with Crippen molar-refractivity contribution in [1.29, 1.82) is 0 Å². The van der Waals surface area contributed by atoms with E-state index in [0.29, 0.717) is 43.0 Å². The van der Waals surface area contributed by atoms with E-state index < -0.39 is 12.4 Å². The second-order valence-corrected chi connectivity index (χ2v) is 6.98. The van der Waals surface area contributed by atoms with Gasteiger partial charge in [0.15, 0.2) is 0 Å². The average molecular weight is 421 g/mol. The van der Waals surface area contributed by atoms with Gasteiger partial charge in [-0.1, -0.05) is 6.07 Å². The van der Waals surface area contributed by atoms with Crippen molar-refractivity contribution in [3.8, 4) is 5.75 Å². The van der Waals surface area contributed by atoms with Gasteiger partial charge in [-0.2, -0.15) is 8.78 Å². The molecule has 0 spiro atoms. The first-order chi connectivity index (χ1) is 14.3. The van der Waals surface area contributed by atoms with Crippen LogP contribution in [0, 0.1) is 12.7 Å². The van der Waals surface area contributed by atoms with Crippen LogP contribution in [-0.4, -0.2) is 60.9 Å². The molecule has 0 bridgehead atoms. The quantitative estimate of drug-likeness (QED) is 0.779. The number of nitrogens with zero attached hydrogens (tertiary/aromatic N) is 2. The van der Waals surface area contributed by atoms with Crippen LogP contribution in [0.3, 0.4) is 0 Å². The highest BCUT2D eigenvalue weighted by atomic mass is 19.3. The summed E-state index contributed by atoms with van der Waals surface area (Å²) in [6, 6.07) is 10.1. The van der Waals surface area contributed by atoms with Crippen LogP contribution in [0.4, 0.5) is 18.9 Å². The van der Waals surface area contributed by atoms with Crippen molar-refractivity contribution in [1.82, 2.24) is 9.80 Å². The molecule has 0 radical (unpaired) electrons. The lowest BCUT2D eigenvalue weighted by Crippen LogP contribution is -2.50. The van der Waals surface area contributed by atoms with E-state index in [1.54, 1.807) is 24.0 Å². The Morgan fingerprint density at radius 3 is 2.33 bits per heavy atom. The van der Waals surface area contributed by atoms with E-state index in [1.807, 2.05) is 4.90 Å². The lowest BCUT2D eigenvalue weighted by atomic mass is 10.1. The third-order valence-electron chi connectivity index (χ3n) is 4.81. The fraction of sp³-hybridized carbons (Fsp3) is 0.333. The Kier molecular flexibility index (Phi) is 6.94. The first-order valence-electron chi connectivity index (χ1n) is 9.44. The number of benzene rings is 2. The maximum atomic E-state index is 13.7. The smallest absolute Gasteiger partial charge is 0.387 e. The van der Waals surface area contributed by atoms with Crippen LogP contribution >= 0.6 is 0 Å². The molecule has 30 heavy (non-hydrogen) atoms. The van der Waals surface area contributed by atoms with Crippen LogP contribution in [0.25, 0.3) is 0 Å². The maximum absolute atomic E-state index is 13.7. The monoisotopic (exact) mass is 421 g/mol. The third kappa shape index (κ3) is 5.73. The fourth-order valence-corrected chi connectivity index (χ4v) is 3.14. The molecule has 1 N–H and O–H groups in total. The second-order valence-electron chi connectivity index (χ2n) is 6.98. The summed E-state index contributed by atoms with van der Waals surface area (Å²) in [5.41, 5.74) is 1.26. The van der Waals surface area contributed by atoms with Gasteiger partial charge in [-0.05, 0) is 48.9 Å². The van der Waals surface area contributed by atoms with Crippen molar-refractivity contribution < 1.29 is 27.5 Å². The van der Waals surface area contributed by atoms with Gasteiger partial charge in [0, 0.05) is 37.4 Å². The number of aryl methyl sites for hydroxylation is 1. The lowest BCUT2D eigenvalue weighted by molar-refractivity contribution is -0.117. The molecule has 160 valence electrons. The van der Waals surface area contributed by atoms with Crippen LogP contribution in [0.1, 0.15) is 15.9 Å². The predicted octanol–water partition coefficient (Wildman–Crippen LogP) is 3.13. The van der Waals surface area contributed by atoms with Crippen molar-refractivity contribution in [2.75, 3.05) is 38.0 Å². The standard InChI is InChI=1S/C21H22F3N3O3/c1-14-2-3-15(12-18(14)22)20(29)27-10-8-26(9-11-27)13-19(28)25-16-4-6-17(7-5-16)30-21(23)24/h2-7,12,21H,8-11,13H2,1H3,(H,25,28). The Labute approximate surface area is 172 Å². The Morgan fingerprint density at radius 2 is 1.73 bits per heavy atom. The summed E-state index contributed by atoms with van der Waals surface area (Å²) in [5.74, 6) is -0.885. The van der Waals surface area contributed by atoms with Gasteiger partial charge in [0.1, 0.15) is 11.6 Å². The highest BCUT2D eigenvalue weighted by molar-refractivity contribution is 5.94. The van der Waals surface area contributed by atoms with E-state index in [9.17, 15) is 22.8 Å². The minimum absolute atomic E-state index is 0.0113. The zero-order valence-electron chi connectivity index (χ0n) is 16.4. The molecule has 0 unspecified atom stereocenters. The van der Waals surface area contributed by atoms with Crippen molar-refractivity contribution in [2.45, 2.75) is 13.5 Å². The molecule has 3 rings (SSSR count). The minimum atomic E-state index is -2.90. The van der Waals surface area contributed by atoms with Crippen molar-refractivity contribution in [3.63, 3.8) is 0 Å². The SMILES string of the molecule is Cc1ccc(C(=O)N2CCN(CC(=O)Nc3ccc(OC(F)F)cc3)CC2)cc1F. The normalized spacial score (nSPS) is 14.6. The molecular formula is C21H22F3N3O3. The maximum Gasteiger partial charge on any atom is 0.387 e. The molecule has 9 heteroatoms. The molecule has 1 saturated heterocycles. The molecule has 1 aliphatic heterocycles. The number of nitrogens with one attached hydrogen (secondary N) is 1. The number of hydrogen-bond donors (Lipinski definition) is 1. The van der Waals surface area contributed by atoms with Crippen LogP contribution in [0.2, 0.25) is 0 Å². The number of rotatable bonds is 6. The second kappa shape index (κ2) is 9.62. The number of halogens is 3. The predicted molar refractivity (Wildman–Crippen MR) is 105 cm³/mol. The molecule has 0 aromatic heterocycles. The molecule has 2 aromatic rings. The van der Waals surface area contributed by atoms with E-state index in [0.717, 1.165) is 0 Å². The zero-order valence-corrected chi connectivity index (χ0v) is 16.4. The summed E-state index contributed by atoms with van der Waals surface area (Å²) in [6.07, 6.45) is 0. The van der Waals surface area contributed by atoms with Gasteiger partial charge in [-0.15, -0.1) is 0 Å². The van der Waals surface area contributed by atoms with Gasteiger partial charge < -0.3 is 15.0 Å². The van der Waals surface area contributed by atoms with Gasteiger partial charge in [-0.25, -0.2) is 4.39 Å². The van der Waals surface area contributed by atoms with E-state index >= 15 is 0 Å². The molecular weight excluding hydrogens is 399 g/mol. The van der Waals surface area contributed by atoms with E-state index in [-0.39, 0.29) is 24.1 Å². The van der Waals surface area contributed by atoms with E-state index in [2.05, 4.69) is 10.1 Å². The molecule has 1 heterocycles. The van der Waals surface area contributed by atoms with Gasteiger partial charge in [0.05, 0.1) is 6.54 Å². The zero-order chi connectivity index (χ0) is 21.7. The molecule has 1 fully saturated rings. The summed E-state index contributed by atoms with van der Waals surface area (Å²) in [7, 11) is 0. The first kappa shape index (κ1) is 21.6. The Morgan fingerprint density at radius 1 is 1.07 bits per heavy atom. The van der Waals surface area contributed by atoms with Gasteiger partial charge in [-0.3, -0.25) is 14.5 Å². The third-order valence-corrected chi connectivity index (χ3v) is 4.81. The topological polar surface area (TPSA) is 61.9 Å². The number of hydrogen-bond acceptors (Lipinski definition) is 4. The van der Waals surface area contributed by atoms with Crippen molar-refractivity contribution in [3.05, 3.63) is 59.4 Å². The van der Waals surface area contributed by atoms with Gasteiger partial charge in [0.25, 0.3) is 5.91 Å². The number of amides is 2. The van der Waals surface area contributed by atoms with Crippen molar-refractivity contribution >= 4 is 17.5 Å². The Balaban J connectivity index is 1.46. The molecule has 0 atom stereocenters. The number of carbonyl (C=O) groups excluding carboxylic acids is 2. The number of carbonyl (C=O) groups is 2. The molecule has 0 saturated carbocycles. The molecule has 0 aliphatic carbocycles. The number of piperazine rings is 1. The van der Waals surface area contributed by atoms with Gasteiger partial charge >= 0.3 is 6.61 Å². The lowest BCUT2D eigenvalue weighted by Gasteiger charge is -2.34. The first-order valence-corrected chi connectivity index (χ1v) is 9.44. The van der Waals surface area contributed by atoms with Gasteiger partial charge in [0.2, 0.25) is 5.91 Å². The molecule has 1 aliphatic rings. The van der Waals surface area contributed by atoms with E-state index in [4.69, 9.17) is 0 Å². The molecule has 6 nitrogen and oxygen atoms in total. The average Bonchev–Trinajstić information content (AvgIpc) is 2.71. The Bertz CT molecular complexity index is 898. The highest BCUT2D eigenvalue weighted by Gasteiger charge is 2.23. The summed E-state index contributed by atoms with van der Waals surface area (Å²) in [4.78, 5) is 28.3. The summed E-state index contributed by atoms with van der Waals surface area (Å²) in [5, 5.41) is 2.70. The highest BCUT2D eigenvalue weighted by Crippen LogP contribution is 2.18. The van der Waals surface area contributed by atoms with Crippen LogP contribution in [0.5, 0.6) is 5.75 Å². The fourth-order valence-electron chi connectivity index (χ4n) is 3.14. The summed E-state index contributed by atoms with van der Waals surface area (Å²) < 4.78 is 42.3. The number of alkyl halides is 2. The summed E-state index contributed by atoms with van der Waals surface area (Å²) in [6.45, 7) is 0.752. The Hall–Kier alpha value is -3.07. The van der Waals surface area contributed by atoms with Crippen LogP contribution in [0.15, 0.2) is 42.5 Å². The number of anilines is 1. The van der Waals surface area contributed by atoms with Crippen LogP contribution < -0.4 is 10.1 Å². The number of ether oxygens (including phenoxy) is 1.